The maximum absolute atomic E-state index is 13.2. The first kappa shape index (κ1) is 23.0. The van der Waals surface area contributed by atoms with Crippen LogP contribution in [0.3, 0.4) is 0 Å². The Morgan fingerprint density at radius 3 is 2.43 bits per heavy atom. The molecule has 1 atom stereocenters. The smallest absolute Gasteiger partial charge is 0.255 e. The summed E-state index contributed by atoms with van der Waals surface area (Å²) in [6, 6.07) is 22.4. The summed E-state index contributed by atoms with van der Waals surface area (Å²) in [6.45, 7) is 2.65. The van der Waals surface area contributed by atoms with Crippen molar-refractivity contribution in [2.45, 2.75) is 6.04 Å². The van der Waals surface area contributed by atoms with Gasteiger partial charge < -0.3 is 23.9 Å². The van der Waals surface area contributed by atoms with Gasteiger partial charge in [-0.1, -0.05) is 30.3 Å². The van der Waals surface area contributed by atoms with E-state index in [9.17, 15) is 4.79 Å². The van der Waals surface area contributed by atoms with E-state index in [2.05, 4.69) is 10.2 Å². The summed E-state index contributed by atoms with van der Waals surface area (Å²) in [4.78, 5) is 15.5. The monoisotopic (exact) mass is 472 g/mol. The van der Waals surface area contributed by atoms with Gasteiger partial charge in [0.1, 0.15) is 17.1 Å². The number of rotatable bonds is 7. The lowest BCUT2D eigenvalue weighted by atomic mass is 9.98. The number of anilines is 1. The summed E-state index contributed by atoms with van der Waals surface area (Å²) in [5, 5.41) is 3.99. The predicted octanol–water partition coefficient (Wildman–Crippen LogP) is 5.12. The third-order valence-electron chi connectivity index (χ3n) is 6.29. The molecule has 7 heteroatoms. The molecule has 1 amide bonds. The van der Waals surface area contributed by atoms with Crippen molar-refractivity contribution >= 4 is 22.6 Å². The largest absolute Gasteiger partial charge is 0.497 e. The minimum absolute atomic E-state index is 0.194. The summed E-state index contributed by atoms with van der Waals surface area (Å²) in [5.74, 6) is 1.84. The minimum Gasteiger partial charge on any atom is -0.497 e. The molecule has 3 aromatic carbocycles. The Balaban J connectivity index is 1.67. The molecule has 0 bridgehead atoms. The fourth-order valence-corrected chi connectivity index (χ4v) is 4.54. The Morgan fingerprint density at radius 2 is 1.69 bits per heavy atom. The molecule has 1 aliphatic heterocycles. The molecule has 1 fully saturated rings. The number of morpholine rings is 1. The Morgan fingerprint density at radius 1 is 0.943 bits per heavy atom. The van der Waals surface area contributed by atoms with Crippen LogP contribution in [0.15, 0.2) is 77.2 Å². The molecule has 5 rings (SSSR count). The molecule has 7 nitrogen and oxygen atoms in total. The zero-order valence-electron chi connectivity index (χ0n) is 19.8. The number of methoxy groups -OCH3 is 2. The zero-order chi connectivity index (χ0) is 24.2. The van der Waals surface area contributed by atoms with Gasteiger partial charge in [-0.2, -0.15) is 0 Å². The van der Waals surface area contributed by atoms with E-state index < -0.39 is 0 Å². The second-order valence-corrected chi connectivity index (χ2v) is 8.32. The maximum atomic E-state index is 13.2. The molecule has 180 valence electrons. The highest BCUT2D eigenvalue weighted by Gasteiger charge is 2.33. The second-order valence-electron chi connectivity index (χ2n) is 8.32. The van der Waals surface area contributed by atoms with Gasteiger partial charge in [0.25, 0.3) is 5.91 Å². The first-order chi connectivity index (χ1) is 17.2. The molecule has 4 aromatic rings. The number of ether oxygens (including phenoxy) is 3. The third-order valence-corrected chi connectivity index (χ3v) is 6.29. The zero-order valence-corrected chi connectivity index (χ0v) is 19.8. The average Bonchev–Trinajstić information content (AvgIpc) is 3.27. The van der Waals surface area contributed by atoms with Crippen LogP contribution in [0.2, 0.25) is 0 Å². The lowest BCUT2D eigenvalue weighted by Gasteiger charge is -2.34. The van der Waals surface area contributed by atoms with Crippen molar-refractivity contribution in [2.24, 2.45) is 0 Å². The van der Waals surface area contributed by atoms with Crippen LogP contribution in [0.4, 0.5) is 5.69 Å². The summed E-state index contributed by atoms with van der Waals surface area (Å²) in [7, 11) is 3.27. The SMILES string of the molecule is COc1ccc([C@@H](c2oc3ccccc3c2NC(=O)c2ccccc2)N2CCOCC2)c(OC)c1. The Labute approximate surface area is 204 Å². The number of hydrogen-bond acceptors (Lipinski definition) is 6. The fourth-order valence-electron chi connectivity index (χ4n) is 4.54. The third kappa shape index (κ3) is 4.60. The van der Waals surface area contributed by atoms with Gasteiger partial charge in [-0.25, -0.2) is 0 Å². The number of carbonyl (C=O) groups excluding carboxylic acids is 1. The quantitative estimate of drug-likeness (QED) is 0.402. The molecule has 0 unspecified atom stereocenters. The van der Waals surface area contributed by atoms with Crippen LogP contribution in [-0.2, 0) is 4.74 Å². The highest BCUT2D eigenvalue weighted by molar-refractivity contribution is 6.09. The van der Waals surface area contributed by atoms with E-state index in [4.69, 9.17) is 18.6 Å². The van der Waals surface area contributed by atoms with Crippen molar-refractivity contribution < 1.29 is 23.4 Å². The number of para-hydroxylation sites is 1. The van der Waals surface area contributed by atoms with Gasteiger partial charge in [-0.3, -0.25) is 9.69 Å². The molecule has 0 aliphatic carbocycles. The minimum atomic E-state index is -0.307. The highest BCUT2D eigenvalue weighted by atomic mass is 16.5. The number of carbonyl (C=O) groups is 1. The first-order valence-electron chi connectivity index (χ1n) is 11.6. The van der Waals surface area contributed by atoms with E-state index in [-0.39, 0.29) is 11.9 Å². The molecule has 0 saturated carbocycles. The molecular weight excluding hydrogens is 444 g/mol. The highest BCUT2D eigenvalue weighted by Crippen LogP contribution is 2.44. The van der Waals surface area contributed by atoms with Crippen LogP contribution < -0.4 is 14.8 Å². The van der Waals surface area contributed by atoms with Crippen molar-refractivity contribution in [1.82, 2.24) is 4.90 Å². The number of nitrogens with zero attached hydrogens (tertiary/aromatic N) is 1. The Kier molecular flexibility index (Phi) is 6.70. The normalized spacial score (nSPS) is 15.0. The number of benzene rings is 3. The van der Waals surface area contributed by atoms with Crippen molar-refractivity contribution in [3.05, 3.63) is 89.7 Å². The number of fused-ring (bicyclic) bond motifs is 1. The molecular formula is C28H28N2O5. The maximum Gasteiger partial charge on any atom is 0.255 e. The molecule has 1 N–H and O–H groups in total. The van der Waals surface area contributed by atoms with Crippen LogP contribution in [0.5, 0.6) is 11.5 Å². The van der Waals surface area contributed by atoms with Gasteiger partial charge in [0.2, 0.25) is 0 Å². The lowest BCUT2D eigenvalue weighted by molar-refractivity contribution is 0.0202. The van der Waals surface area contributed by atoms with Gasteiger partial charge >= 0.3 is 0 Å². The molecule has 0 spiro atoms. The van der Waals surface area contributed by atoms with Crippen molar-refractivity contribution in [1.29, 1.82) is 0 Å². The Bertz CT molecular complexity index is 1310. The summed E-state index contributed by atoms with van der Waals surface area (Å²) in [6.07, 6.45) is 0. The molecule has 0 radical (unpaired) electrons. The molecule has 1 aromatic heterocycles. The first-order valence-corrected chi connectivity index (χ1v) is 11.6. The number of amides is 1. The Hall–Kier alpha value is -3.81. The number of nitrogens with one attached hydrogen (secondary N) is 1. The molecule has 2 heterocycles. The van der Waals surface area contributed by atoms with Crippen LogP contribution >= 0.6 is 0 Å². The second kappa shape index (κ2) is 10.2. The predicted molar refractivity (Wildman–Crippen MR) is 134 cm³/mol. The van der Waals surface area contributed by atoms with Crippen molar-refractivity contribution in [2.75, 3.05) is 45.8 Å². The lowest BCUT2D eigenvalue weighted by Crippen LogP contribution is -2.39. The summed E-state index contributed by atoms with van der Waals surface area (Å²) < 4.78 is 23.3. The number of hydrogen-bond donors (Lipinski definition) is 1. The van der Waals surface area contributed by atoms with Gasteiger partial charge in [0.15, 0.2) is 5.76 Å². The van der Waals surface area contributed by atoms with Gasteiger partial charge in [-0.05, 0) is 36.4 Å². The summed E-state index contributed by atoms with van der Waals surface area (Å²) in [5.41, 5.74) is 2.86. The molecule has 1 saturated heterocycles. The van der Waals surface area contributed by atoms with E-state index in [1.54, 1.807) is 26.4 Å². The van der Waals surface area contributed by atoms with E-state index in [0.29, 0.717) is 60.4 Å². The van der Waals surface area contributed by atoms with E-state index in [0.717, 1.165) is 10.9 Å². The van der Waals surface area contributed by atoms with Gasteiger partial charge in [0, 0.05) is 35.7 Å². The average molecular weight is 473 g/mol. The molecule has 1 aliphatic rings. The van der Waals surface area contributed by atoms with Crippen LogP contribution in [0, 0.1) is 0 Å². The van der Waals surface area contributed by atoms with E-state index >= 15 is 0 Å². The number of furan rings is 1. The van der Waals surface area contributed by atoms with Crippen molar-refractivity contribution in [3.8, 4) is 11.5 Å². The topological polar surface area (TPSA) is 73.2 Å². The van der Waals surface area contributed by atoms with Crippen LogP contribution in [0.25, 0.3) is 11.0 Å². The van der Waals surface area contributed by atoms with Gasteiger partial charge in [-0.15, -0.1) is 0 Å². The van der Waals surface area contributed by atoms with Crippen molar-refractivity contribution in [3.63, 3.8) is 0 Å². The van der Waals surface area contributed by atoms with Crippen LogP contribution in [0.1, 0.15) is 27.7 Å². The fraction of sp³-hybridized carbons (Fsp3) is 0.250. The van der Waals surface area contributed by atoms with E-state index in [1.165, 1.54) is 0 Å². The van der Waals surface area contributed by atoms with Gasteiger partial charge in [0.05, 0.1) is 39.2 Å². The van der Waals surface area contributed by atoms with E-state index in [1.807, 2.05) is 60.7 Å². The van der Waals surface area contributed by atoms with Crippen LogP contribution in [-0.4, -0.2) is 51.3 Å². The summed E-state index contributed by atoms with van der Waals surface area (Å²) >= 11 is 0. The standard InChI is InChI=1S/C28H28N2O5/c1-32-20-12-13-22(24(18-20)33-2)26(30-14-16-34-17-15-30)27-25(21-10-6-7-11-23(21)35-27)29-28(31)19-8-4-3-5-9-19/h3-13,18,26H,14-17H2,1-2H3,(H,29,31)/t26-/m0/s1. The molecule has 35 heavy (non-hydrogen) atoms.